The van der Waals surface area contributed by atoms with Crippen LogP contribution in [-0.2, 0) is 10.3 Å². The number of hydrogen-bond donors (Lipinski definition) is 3. The summed E-state index contributed by atoms with van der Waals surface area (Å²) in [5.74, 6) is 0. The molecule has 1 saturated carbocycles. The third-order valence-corrected chi connectivity index (χ3v) is 4.01. The lowest BCUT2D eigenvalue weighted by Gasteiger charge is -2.20. The van der Waals surface area contributed by atoms with Crippen molar-refractivity contribution in [2.24, 2.45) is 0 Å². The summed E-state index contributed by atoms with van der Waals surface area (Å²) in [6.45, 7) is 0. The van der Waals surface area contributed by atoms with Crippen LogP contribution in [0.2, 0.25) is 0 Å². The third-order valence-electron chi connectivity index (χ3n) is 3.38. The van der Waals surface area contributed by atoms with Crippen molar-refractivity contribution < 1.29 is 13.0 Å². The standard InChI is InChI=1S/C8H7N.C6H13NO3S/c1-2-4-8-7(3-1)5-6-9-8;8-11(9,10)7-6-4-2-1-3-5-6/h1-6,9H;6-7H,1-5H2,(H,8,9,10). The number of benzene rings is 1. The molecule has 0 atom stereocenters. The van der Waals surface area contributed by atoms with Gasteiger partial charge in [0.2, 0.25) is 0 Å². The fourth-order valence-corrected chi connectivity index (χ4v) is 3.08. The maximum Gasteiger partial charge on any atom is 0.333 e. The maximum atomic E-state index is 10.3. The molecule has 0 saturated heterocycles. The lowest BCUT2D eigenvalue weighted by Crippen LogP contribution is -2.35. The van der Waals surface area contributed by atoms with Crippen LogP contribution in [0.5, 0.6) is 0 Å². The Bertz CT molecular complexity index is 600. The summed E-state index contributed by atoms with van der Waals surface area (Å²) in [6, 6.07) is 10.2. The SMILES string of the molecule is O=S(=O)(O)NC1CCCCC1.c1ccc2[nH]ccc2c1. The van der Waals surface area contributed by atoms with Gasteiger partial charge in [-0.1, -0.05) is 37.5 Å². The second kappa shape index (κ2) is 6.88. The van der Waals surface area contributed by atoms with E-state index in [1.54, 1.807) is 0 Å². The average molecular weight is 296 g/mol. The minimum atomic E-state index is -3.97. The van der Waals surface area contributed by atoms with Gasteiger partial charge in [0, 0.05) is 17.8 Å². The van der Waals surface area contributed by atoms with Crippen LogP contribution in [0.4, 0.5) is 0 Å². The summed E-state index contributed by atoms with van der Waals surface area (Å²) in [4.78, 5) is 3.12. The topological polar surface area (TPSA) is 82.2 Å². The minimum Gasteiger partial charge on any atom is -0.361 e. The van der Waals surface area contributed by atoms with Gasteiger partial charge in [0.15, 0.2) is 0 Å². The van der Waals surface area contributed by atoms with Gasteiger partial charge in [-0.05, 0) is 30.4 Å². The molecule has 110 valence electrons. The first kappa shape index (κ1) is 15.0. The Morgan fingerprint density at radius 3 is 2.45 bits per heavy atom. The Hall–Kier alpha value is -1.37. The average Bonchev–Trinajstić information content (AvgIpc) is 2.87. The Morgan fingerprint density at radius 1 is 1.10 bits per heavy atom. The van der Waals surface area contributed by atoms with Crippen LogP contribution in [0.15, 0.2) is 36.5 Å². The molecule has 0 bridgehead atoms. The van der Waals surface area contributed by atoms with Gasteiger partial charge < -0.3 is 4.98 Å². The number of aromatic amines is 1. The minimum absolute atomic E-state index is 0.0428. The van der Waals surface area contributed by atoms with Gasteiger partial charge in [0.1, 0.15) is 0 Å². The molecular formula is C14H20N2O3S. The third kappa shape index (κ3) is 4.96. The van der Waals surface area contributed by atoms with E-state index in [0.29, 0.717) is 0 Å². The molecule has 1 heterocycles. The van der Waals surface area contributed by atoms with Crippen LogP contribution in [0.1, 0.15) is 32.1 Å². The molecule has 20 heavy (non-hydrogen) atoms. The van der Waals surface area contributed by atoms with Gasteiger partial charge in [-0.3, -0.25) is 4.55 Å². The van der Waals surface area contributed by atoms with Crippen molar-refractivity contribution in [3.8, 4) is 0 Å². The predicted octanol–water partition coefficient (Wildman–Crippen LogP) is 2.88. The Kier molecular flexibility index (Phi) is 5.17. The summed E-state index contributed by atoms with van der Waals surface area (Å²) >= 11 is 0. The summed E-state index contributed by atoms with van der Waals surface area (Å²) in [5, 5.41) is 1.28. The lowest BCUT2D eigenvalue weighted by molar-refractivity contribution is 0.389. The predicted molar refractivity (Wildman–Crippen MR) is 79.9 cm³/mol. The van der Waals surface area contributed by atoms with E-state index in [-0.39, 0.29) is 6.04 Å². The monoisotopic (exact) mass is 296 g/mol. The Morgan fingerprint density at radius 2 is 1.80 bits per heavy atom. The molecule has 0 spiro atoms. The van der Waals surface area contributed by atoms with Crippen LogP contribution in [0, 0.1) is 0 Å². The van der Waals surface area contributed by atoms with E-state index in [4.69, 9.17) is 4.55 Å². The number of para-hydroxylation sites is 1. The second-order valence-corrected chi connectivity index (χ2v) is 6.18. The molecule has 0 radical (unpaired) electrons. The van der Waals surface area contributed by atoms with Crippen molar-refractivity contribution in [1.29, 1.82) is 0 Å². The molecule has 3 rings (SSSR count). The molecule has 0 aliphatic heterocycles. The molecule has 2 aromatic rings. The number of fused-ring (bicyclic) bond motifs is 1. The molecule has 1 aliphatic carbocycles. The number of aromatic nitrogens is 1. The summed E-state index contributed by atoms with van der Waals surface area (Å²) in [5.41, 5.74) is 1.21. The van der Waals surface area contributed by atoms with Crippen molar-refractivity contribution in [1.82, 2.24) is 9.71 Å². The highest BCUT2D eigenvalue weighted by Crippen LogP contribution is 2.17. The second-order valence-electron chi connectivity index (χ2n) is 4.99. The molecule has 0 unspecified atom stereocenters. The fourth-order valence-electron chi connectivity index (χ4n) is 2.43. The number of rotatable bonds is 2. The number of H-pyrrole nitrogens is 1. The summed E-state index contributed by atoms with van der Waals surface area (Å²) in [7, 11) is -3.97. The van der Waals surface area contributed by atoms with Crippen molar-refractivity contribution in [3.05, 3.63) is 36.5 Å². The highest BCUT2D eigenvalue weighted by atomic mass is 32.2. The first-order valence-electron chi connectivity index (χ1n) is 6.81. The normalized spacial score (nSPS) is 16.6. The van der Waals surface area contributed by atoms with E-state index in [9.17, 15) is 8.42 Å². The van der Waals surface area contributed by atoms with Gasteiger partial charge >= 0.3 is 10.3 Å². The molecule has 1 fully saturated rings. The van der Waals surface area contributed by atoms with Gasteiger partial charge in [-0.2, -0.15) is 13.1 Å². The molecule has 0 amide bonds. The molecule has 1 aromatic carbocycles. The van der Waals surface area contributed by atoms with Crippen molar-refractivity contribution >= 4 is 21.2 Å². The van der Waals surface area contributed by atoms with Gasteiger partial charge in [-0.15, -0.1) is 0 Å². The Balaban J connectivity index is 0.000000149. The van der Waals surface area contributed by atoms with Crippen LogP contribution >= 0.6 is 0 Å². The van der Waals surface area contributed by atoms with Crippen LogP contribution in [0.3, 0.4) is 0 Å². The van der Waals surface area contributed by atoms with E-state index in [2.05, 4.69) is 27.9 Å². The van der Waals surface area contributed by atoms with Gasteiger partial charge in [0.25, 0.3) is 0 Å². The molecule has 3 N–H and O–H groups in total. The highest BCUT2D eigenvalue weighted by molar-refractivity contribution is 7.83. The number of nitrogens with one attached hydrogen (secondary N) is 2. The molecular weight excluding hydrogens is 276 g/mol. The Labute approximate surface area is 119 Å². The highest BCUT2D eigenvalue weighted by Gasteiger charge is 2.17. The first-order chi connectivity index (χ1) is 9.54. The van der Waals surface area contributed by atoms with Crippen molar-refractivity contribution in [2.75, 3.05) is 0 Å². The van der Waals surface area contributed by atoms with Crippen molar-refractivity contribution in [2.45, 2.75) is 38.1 Å². The van der Waals surface area contributed by atoms with Gasteiger partial charge in [-0.25, -0.2) is 0 Å². The van der Waals surface area contributed by atoms with Crippen LogP contribution in [0.25, 0.3) is 10.9 Å². The molecule has 1 aromatic heterocycles. The molecule has 5 nitrogen and oxygen atoms in total. The maximum absolute atomic E-state index is 10.3. The zero-order chi connectivity index (χ0) is 14.4. The zero-order valence-corrected chi connectivity index (χ0v) is 12.1. The van der Waals surface area contributed by atoms with Crippen LogP contribution < -0.4 is 4.72 Å². The van der Waals surface area contributed by atoms with E-state index in [1.165, 1.54) is 17.3 Å². The van der Waals surface area contributed by atoms with Crippen LogP contribution in [-0.4, -0.2) is 24.0 Å². The van der Waals surface area contributed by atoms with E-state index < -0.39 is 10.3 Å². The first-order valence-corrected chi connectivity index (χ1v) is 8.25. The van der Waals surface area contributed by atoms with Gasteiger partial charge in [0.05, 0.1) is 0 Å². The fraction of sp³-hybridized carbons (Fsp3) is 0.429. The van der Waals surface area contributed by atoms with E-state index in [0.717, 1.165) is 25.7 Å². The van der Waals surface area contributed by atoms with Crippen molar-refractivity contribution in [3.63, 3.8) is 0 Å². The van der Waals surface area contributed by atoms with E-state index in [1.807, 2.05) is 18.3 Å². The lowest BCUT2D eigenvalue weighted by atomic mass is 9.96. The molecule has 6 heteroatoms. The smallest absolute Gasteiger partial charge is 0.333 e. The quantitative estimate of drug-likeness (QED) is 0.745. The number of hydrogen-bond acceptors (Lipinski definition) is 2. The molecule has 1 aliphatic rings. The summed E-state index contributed by atoms with van der Waals surface area (Å²) in [6.07, 6.45) is 6.91. The van der Waals surface area contributed by atoms with E-state index >= 15 is 0 Å². The largest absolute Gasteiger partial charge is 0.361 e. The zero-order valence-electron chi connectivity index (χ0n) is 11.2. The summed E-state index contributed by atoms with van der Waals surface area (Å²) < 4.78 is 31.3.